The molecule has 0 heterocycles. The summed E-state index contributed by atoms with van der Waals surface area (Å²) in [6.07, 6.45) is 1.66. The molecule has 0 aromatic heterocycles. The minimum atomic E-state index is -0.903. The van der Waals surface area contributed by atoms with Crippen molar-refractivity contribution in [1.29, 1.82) is 0 Å². The van der Waals surface area contributed by atoms with Crippen LogP contribution in [0, 0.1) is 5.82 Å². The number of carboxylic acid groups (broad SMARTS) is 1. The molecule has 0 atom stereocenters. The first-order valence-corrected chi connectivity index (χ1v) is 5.32. The third-order valence-corrected chi connectivity index (χ3v) is 2.41. The lowest BCUT2D eigenvalue weighted by atomic mass is 10.2. The summed E-state index contributed by atoms with van der Waals surface area (Å²) < 4.78 is 12.7. The minimum Gasteiger partial charge on any atom is -0.478 e. The highest BCUT2D eigenvalue weighted by Crippen LogP contribution is 2.05. The van der Waals surface area contributed by atoms with Crippen LogP contribution in [0.1, 0.15) is 12.5 Å². The maximum atomic E-state index is 12.7. The summed E-state index contributed by atoms with van der Waals surface area (Å²) in [6.45, 7) is 2.77. The average molecular weight is 237 g/mol. The fraction of sp³-hybridized carbons (Fsp3) is 0.308. The van der Waals surface area contributed by atoms with Gasteiger partial charge >= 0.3 is 5.97 Å². The number of hydrogen-bond acceptors (Lipinski definition) is 2. The van der Waals surface area contributed by atoms with Crippen molar-refractivity contribution in [2.45, 2.75) is 13.5 Å². The number of carbonyl (C=O) groups is 1. The summed E-state index contributed by atoms with van der Waals surface area (Å²) in [5.74, 6) is -1.15. The number of carboxylic acids is 1. The van der Waals surface area contributed by atoms with Crippen molar-refractivity contribution >= 4 is 5.97 Å². The molecule has 92 valence electrons. The Morgan fingerprint density at radius 1 is 1.41 bits per heavy atom. The van der Waals surface area contributed by atoms with E-state index in [0.29, 0.717) is 18.7 Å². The first-order chi connectivity index (χ1) is 7.99. The highest BCUT2D eigenvalue weighted by atomic mass is 19.1. The van der Waals surface area contributed by atoms with Crippen LogP contribution >= 0.6 is 0 Å². The van der Waals surface area contributed by atoms with E-state index in [4.69, 9.17) is 5.11 Å². The highest BCUT2D eigenvalue weighted by molar-refractivity contribution is 5.85. The molecular formula is C13H16FNO2. The van der Waals surface area contributed by atoms with E-state index >= 15 is 0 Å². The Labute approximate surface area is 100 Å². The Bertz CT molecular complexity index is 412. The molecule has 1 aromatic rings. The van der Waals surface area contributed by atoms with Gasteiger partial charge in [0.2, 0.25) is 0 Å². The van der Waals surface area contributed by atoms with Gasteiger partial charge in [-0.15, -0.1) is 0 Å². The molecule has 0 spiro atoms. The standard InChI is InChI=1S/C13H16FNO2/c1-10(13(16)17)7-8-15(2)9-11-3-5-12(14)6-4-11/h3-7H,8-9H2,1-2H3,(H,16,17). The zero-order valence-corrected chi connectivity index (χ0v) is 9.98. The van der Waals surface area contributed by atoms with Crippen molar-refractivity contribution in [2.75, 3.05) is 13.6 Å². The van der Waals surface area contributed by atoms with Gasteiger partial charge in [-0.05, 0) is 31.7 Å². The van der Waals surface area contributed by atoms with Crippen LogP contribution < -0.4 is 0 Å². The van der Waals surface area contributed by atoms with E-state index in [1.54, 1.807) is 25.1 Å². The predicted octanol–water partition coefficient (Wildman–Crippen LogP) is 2.29. The number of hydrogen-bond donors (Lipinski definition) is 1. The van der Waals surface area contributed by atoms with E-state index in [2.05, 4.69) is 0 Å². The van der Waals surface area contributed by atoms with Crippen molar-refractivity contribution in [3.8, 4) is 0 Å². The van der Waals surface area contributed by atoms with Crippen molar-refractivity contribution in [3.05, 3.63) is 47.3 Å². The maximum Gasteiger partial charge on any atom is 0.330 e. The van der Waals surface area contributed by atoms with Gasteiger partial charge in [0, 0.05) is 18.7 Å². The Morgan fingerprint density at radius 2 is 2.00 bits per heavy atom. The fourth-order valence-electron chi connectivity index (χ4n) is 1.35. The van der Waals surface area contributed by atoms with Crippen LogP contribution in [0.5, 0.6) is 0 Å². The Hall–Kier alpha value is -1.68. The van der Waals surface area contributed by atoms with Crippen LogP contribution in [0.25, 0.3) is 0 Å². The molecule has 4 heteroatoms. The number of halogens is 1. The largest absolute Gasteiger partial charge is 0.478 e. The monoisotopic (exact) mass is 237 g/mol. The SMILES string of the molecule is CC(=CCN(C)Cc1ccc(F)cc1)C(=O)O. The number of likely N-dealkylation sites (N-methyl/N-ethyl adjacent to an activating group) is 1. The number of aliphatic carboxylic acids is 1. The molecule has 1 rings (SSSR count). The van der Waals surface area contributed by atoms with E-state index < -0.39 is 5.97 Å². The smallest absolute Gasteiger partial charge is 0.330 e. The summed E-state index contributed by atoms with van der Waals surface area (Å²) >= 11 is 0. The normalized spacial score (nSPS) is 11.9. The van der Waals surface area contributed by atoms with Gasteiger partial charge in [0.25, 0.3) is 0 Å². The van der Waals surface area contributed by atoms with Crippen molar-refractivity contribution in [3.63, 3.8) is 0 Å². The molecular weight excluding hydrogens is 221 g/mol. The molecule has 0 aliphatic carbocycles. The van der Waals surface area contributed by atoms with Crippen LogP contribution in [0.3, 0.4) is 0 Å². The lowest BCUT2D eigenvalue weighted by Crippen LogP contribution is -2.18. The van der Waals surface area contributed by atoms with E-state index in [9.17, 15) is 9.18 Å². The minimum absolute atomic E-state index is 0.252. The van der Waals surface area contributed by atoms with Gasteiger partial charge in [0.1, 0.15) is 5.82 Å². The van der Waals surface area contributed by atoms with Crippen molar-refractivity contribution < 1.29 is 14.3 Å². The van der Waals surface area contributed by atoms with Gasteiger partial charge in [-0.25, -0.2) is 9.18 Å². The molecule has 1 N–H and O–H groups in total. The van der Waals surface area contributed by atoms with Crippen LogP contribution in [0.15, 0.2) is 35.9 Å². The van der Waals surface area contributed by atoms with Crippen LogP contribution in [-0.4, -0.2) is 29.6 Å². The van der Waals surface area contributed by atoms with Crippen LogP contribution in [0.2, 0.25) is 0 Å². The van der Waals surface area contributed by atoms with Crippen molar-refractivity contribution in [1.82, 2.24) is 4.90 Å². The molecule has 0 fully saturated rings. The predicted molar refractivity (Wildman–Crippen MR) is 64.1 cm³/mol. The second-order valence-electron chi connectivity index (χ2n) is 4.02. The van der Waals surface area contributed by atoms with Gasteiger partial charge in [-0.3, -0.25) is 4.90 Å². The van der Waals surface area contributed by atoms with Crippen molar-refractivity contribution in [2.24, 2.45) is 0 Å². The third kappa shape index (κ3) is 4.78. The molecule has 1 aromatic carbocycles. The molecule has 17 heavy (non-hydrogen) atoms. The maximum absolute atomic E-state index is 12.7. The van der Waals surface area contributed by atoms with Gasteiger partial charge < -0.3 is 5.11 Å². The van der Waals surface area contributed by atoms with Gasteiger partial charge in [-0.2, -0.15) is 0 Å². The zero-order valence-electron chi connectivity index (χ0n) is 9.98. The lowest BCUT2D eigenvalue weighted by Gasteiger charge is -2.14. The fourth-order valence-corrected chi connectivity index (χ4v) is 1.35. The van der Waals surface area contributed by atoms with E-state index in [0.717, 1.165) is 5.56 Å². The summed E-state index contributed by atoms with van der Waals surface area (Å²) in [5.41, 5.74) is 1.33. The van der Waals surface area contributed by atoms with Gasteiger partial charge in [0.15, 0.2) is 0 Å². The third-order valence-electron chi connectivity index (χ3n) is 2.41. The molecule has 0 saturated carbocycles. The number of rotatable bonds is 5. The number of nitrogens with zero attached hydrogens (tertiary/aromatic N) is 1. The summed E-state index contributed by atoms with van der Waals surface area (Å²) in [6, 6.07) is 6.28. The Balaban J connectivity index is 2.50. The van der Waals surface area contributed by atoms with E-state index in [1.807, 2.05) is 11.9 Å². The van der Waals surface area contributed by atoms with Gasteiger partial charge in [0.05, 0.1) is 0 Å². The highest BCUT2D eigenvalue weighted by Gasteiger charge is 2.02. The molecule has 3 nitrogen and oxygen atoms in total. The quantitative estimate of drug-likeness (QED) is 0.799. The Morgan fingerprint density at radius 3 is 2.53 bits per heavy atom. The molecule has 0 saturated heterocycles. The molecule has 0 unspecified atom stereocenters. The summed E-state index contributed by atoms with van der Waals surface area (Å²) in [7, 11) is 1.88. The van der Waals surface area contributed by atoms with Crippen LogP contribution in [0.4, 0.5) is 4.39 Å². The topological polar surface area (TPSA) is 40.5 Å². The molecule has 0 radical (unpaired) electrons. The van der Waals surface area contributed by atoms with E-state index in [-0.39, 0.29) is 5.82 Å². The van der Waals surface area contributed by atoms with Gasteiger partial charge in [-0.1, -0.05) is 18.2 Å². The molecule has 0 aliphatic rings. The second-order valence-corrected chi connectivity index (χ2v) is 4.02. The summed E-state index contributed by atoms with van der Waals surface area (Å²) in [4.78, 5) is 12.5. The molecule has 0 bridgehead atoms. The summed E-state index contributed by atoms with van der Waals surface area (Å²) in [5, 5.41) is 8.69. The molecule has 0 amide bonds. The zero-order chi connectivity index (χ0) is 12.8. The first kappa shape index (κ1) is 13.4. The second kappa shape index (κ2) is 6.15. The lowest BCUT2D eigenvalue weighted by molar-refractivity contribution is -0.132. The van der Waals surface area contributed by atoms with E-state index in [1.165, 1.54) is 12.1 Å². The Kier molecular flexibility index (Phi) is 4.84. The first-order valence-electron chi connectivity index (χ1n) is 5.32. The average Bonchev–Trinajstić information content (AvgIpc) is 2.29. The van der Waals surface area contributed by atoms with Crippen LogP contribution in [-0.2, 0) is 11.3 Å². The number of benzene rings is 1. The molecule has 0 aliphatic heterocycles.